The molecule has 1 aliphatic rings. The predicted molar refractivity (Wildman–Crippen MR) is 94.5 cm³/mol. The van der Waals surface area contributed by atoms with Crippen molar-refractivity contribution in [3.8, 4) is 11.5 Å². The fraction of sp³-hybridized carbons (Fsp3) is 0.211. The Morgan fingerprint density at radius 2 is 2.04 bits per heavy atom. The number of ether oxygens (including phenoxy) is 2. The third-order valence-electron chi connectivity index (χ3n) is 3.76. The van der Waals surface area contributed by atoms with E-state index in [-0.39, 0.29) is 5.91 Å². The third kappa shape index (κ3) is 3.89. The van der Waals surface area contributed by atoms with Gasteiger partial charge in [0.05, 0.1) is 5.02 Å². The predicted octanol–water partition coefficient (Wildman–Crippen LogP) is 3.75. The van der Waals surface area contributed by atoms with Crippen LogP contribution in [0.2, 0.25) is 5.02 Å². The number of fused-ring (bicyclic) bond motifs is 1. The maximum Gasteiger partial charge on any atom is 0.244 e. The van der Waals surface area contributed by atoms with E-state index in [9.17, 15) is 4.79 Å². The monoisotopic (exact) mass is 343 g/mol. The number of carbonyl (C=O) groups excluding carboxylic acids is 1. The van der Waals surface area contributed by atoms with Crippen molar-refractivity contribution in [2.75, 3.05) is 13.2 Å². The van der Waals surface area contributed by atoms with Crippen molar-refractivity contribution in [3.05, 3.63) is 64.2 Å². The fourth-order valence-corrected chi connectivity index (χ4v) is 2.72. The molecule has 24 heavy (non-hydrogen) atoms. The average molecular weight is 344 g/mol. The second-order valence-electron chi connectivity index (χ2n) is 5.50. The van der Waals surface area contributed by atoms with Gasteiger partial charge in [-0.3, -0.25) is 4.79 Å². The minimum Gasteiger partial charge on any atom is -0.486 e. The van der Waals surface area contributed by atoms with E-state index in [1.54, 1.807) is 12.1 Å². The van der Waals surface area contributed by atoms with Crippen LogP contribution in [-0.2, 0) is 11.3 Å². The largest absolute Gasteiger partial charge is 0.486 e. The molecule has 0 aromatic heterocycles. The zero-order chi connectivity index (χ0) is 16.9. The molecule has 2 aromatic carbocycles. The molecule has 1 heterocycles. The van der Waals surface area contributed by atoms with Gasteiger partial charge < -0.3 is 14.8 Å². The van der Waals surface area contributed by atoms with Gasteiger partial charge in [-0.25, -0.2) is 0 Å². The molecule has 4 nitrogen and oxygen atoms in total. The van der Waals surface area contributed by atoms with Gasteiger partial charge in [-0.15, -0.1) is 0 Å². The lowest BCUT2D eigenvalue weighted by Gasteiger charge is -2.19. The van der Waals surface area contributed by atoms with Crippen LogP contribution in [0.4, 0.5) is 0 Å². The minimum atomic E-state index is -0.163. The van der Waals surface area contributed by atoms with Gasteiger partial charge in [0.25, 0.3) is 0 Å². The molecular formula is C19H18ClNO3. The molecule has 0 radical (unpaired) electrons. The van der Waals surface area contributed by atoms with E-state index < -0.39 is 0 Å². The van der Waals surface area contributed by atoms with Crippen LogP contribution >= 0.6 is 11.6 Å². The van der Waals surface area contributed by atoms with Crippen LogP contribution in [0.5, 0.6) is 11.5 Å². The van der Waals surface area contributed by atoms with Crippen LogP contribution in [0, 0.1) is 6.92 Å². The molecular weight excluding hydrogens is 326 g/mol. The summed E-state index contributed by atoms with van der Waals surface area (Å²) >= 11 is 6.18. The van der Waals surface area contributed by atoms with Gasteiger partial charge in [-0.05, 0) is 41.8 Å². The second kappa shape index (κ2) is 7.41. The first kappa shape index (κ1) is 16.4. The molecule has 0 atom stereocenters. The van der Waals surface area contributed by atoms with Crippen LogP contribution in [-0.4, -0.2) is 19.1 Å². The van der Waals surface area contributed by atoms with Crippen LogP contribution in [0.25, 0.3) is 6.08 Å². The van der Waals surface area contributed by atoms with Crippen molar-refractivity contribution in [3.63, 3.8) is 0 Å². The summed E-state index contributed by atoms with van der Waals surface area (Å²) in [6.45, 7) is 3.50. The van der Waals surface area contributed by atoms with E-state index in [2.05, 4.69) is 5.32 Å². The summed E-state index contributed by atoms with van der Waals surface area (Å²) < 4.78 is 11.0. The van der Waals surface area contributed by atoms with Gasteiger partial charge in [0, 0.05) is 12.6 Å². The molecule has 1 amide bonds. The van der Waals surface area contributed by atoms with E-state index in [1.165, 1.54) is 6.08 Å². The SMILES string of the molecule is Cc1ccccc1CNC(=O)/C=C/c1cc(Cl)c2c(c1)OCCO2. The van der Waals surface area contributed by atoms with Crippen LogP contribution in [0.3, 0.4) is 0 Å². The standard InChI is InChI=1S/C19H18ClNO3/c1-13-4-2-3-5-15(13)12-21-18(22)7-6-14-10-16(20)19-17(11-14)23-8-9-24-19/h2-7,10-11H,8-9,12H2,1H3,(H,21,22)/b7-6+. The number of hydrogen-bond donors (Lipinski definition) is 1. The van der Waals surface area contributed by atoms with E-state index in [1.807, 2.05) is 37.3 Å². The van der Waals surface area contributed by atoms with E-state index in [0.29, 0.717) is 36.3 Å². The highest BCUT2D eigenvalue weighted by Gasteiger charge is 2.15. The Morgan fingerprint density at radius 3 is 2.88 bits per heavy atom. The molecule has 0 saturated carbocycles. The molecule has 1 aliphatic heterocycles. The first-order chi connectivity index (χ1) is 11.6. The number of nitrogens with one attached hydrogen (secondary N) is 1. The molecule has 0 bridgehead atoms. The molecule has 0 fully saturated rings. The number of amides is 1. The summed E-state index contributed by atoms with van der Waals surface area (Å²) in [5, 5.41) is 3.35. The molecule has 1 N–H and O–H groups in total. The van der Waals surface area contributed by atoms with E-state index >= 15 is 0 Å². The number of rotatable bonds is 4. The Morgan fingerprint density at radius 1 is 1.25 bits per heavy atom. The zero-order valence-corrected chi connectivity index (χ0v) is 14.1. The molecule has 0 spiro atoms. The second-order valence-corrected chi connectivity index (χ2v) is 5.91. The van der Waals surface area contributed by atoms with Crippen molar-refractivity contribution >= 4 is 23.6 Å². The maximum absolute atomic E-state index is 12.0. The number of benzene rings is 2. The summed E-state index contributed by atoms with van der Waals surface area (Å²) in [4.78, 5) is 12.0. The number of hydrogen-bond acceptors (Lipinski definition) is 3. The quantitative estimate of drug-likeness (QED) is 0.860. The highest BCUT2D eigenvalue weighted by atomic mass is 35.5. The molecule has 5 heteroatoms. The summed E-state index contributed by atoms with van der Waals surface area (Å²) in [7, 11) is 0. The molecule has 0 unspecified atom stereocenters. The Labute approximate surface area is 146 Å². The van der Waals surface area contributed by atoms with Crippen LogP contribution in [0.15, 0.2) is 42.5 Å². The van der Waals surface area contributed by atoms with Gasteiger partial charge in [-0.1, -0.05) is 35.9 Å². The highest BCUT2D eigenvalue weighted by Crippen LogP contribution is 2.38. The molecule has 0 aliphatic carbocycles. The lowest BCUT2D eigenvalue weighted by atomic mass is 10.1. The van der Waals surface area contributed by atoms with E-state index in [0.717, 1.165) is 16.7 Å². The Hall–Kier alpha value is -2.46. The number of carbonyl (C=O) groups is 1. The van der Waals surface area contributed by atoms with Crippen molar-refractivity contribution in [1.29, 1.82) is 0 Å². The summed E-state index contributed by atoms with van der Waals surface area (Å²) in [6, 6.07) is 11.5. The molecule has 2 aromatic rings. The van der Waals surface area contributed by atoms with Gasteiger partial charge in [0.2, 0.25) is 5.91 Å². The number of halogens is 1. The van der Waals surface area contributed by atoms with Gasteiger partial charge in [-0.2, -0.15) is 0 Å². The van der Waals surface area contributed by atoms with Crippen molar-refractivity contribution in [1.82, 2.24) is 5.32 Å². The Bertz CT molecular complexity index is 786. The molecule has 3 rings (SSSR count). The Balaban J connectivity index is 1.64. The van der Waals surface area contributed by atoms with Gasteiger partial charge >= 0.3 is 0 Å². The molecule has 124 valence electrons. The maximum atomic E-state index is 12.0. The fourth-order valence-electron chi connectivity index (χ4n) is 2.45. The lowest BCUT2D eigenvalue weighted by Crippen LogP contribution is -2.20. The van der Waals surface area contributed by atoms with Crippen molar-refractivity contribution in [2.24, 2.45) is 0 Å². The topological polar surface area (TPSA) is 47.6 Å². The first-order valence-electron chi connectivity index (χ1n) is 7.73. The first-order valence-corrected chi connectivity index (χ1v) is 8.11. The summed E-state index contributed by atoms with van der Waals surface area (Å²) in [5.41, 5.74) is 3.04. The zero-order valence-electron chi connectivity index (χ0n) is 13.3. The van der Waals surface area contributed by atoms with Crippen molar-refractivity contribution in [2.45, 2.75) is 13.5 Å². The van der Waals surface area contributed by atoms with Gasteiger partial charge in [0.1, 0.15) is 13.2 Å². The minimum absolute atomic E-state index is 0.163. The van der Waals surface area contributed by atoms with Crippen LogP contribution < -0.4 is 14.8 Å². The number of aryl methyl sites for hydroxylation is 1. The lowest BCUT2D eigenvalue weighted by molar-refractivity contribution is -0.116. The average Bonchev–Trinajstić information content (AvgIpc) is 2.59. The third-order valence-corrected chi connectivity index (χ3v) is 4.04. The van der Waals surface area contributed by atoms with E-state index in [4.69, 9.17) is 21.1 Å². The Kier molecular flexibility index (Phi) is 5.06. The summed E-state index contributed by atoms with van der Waals surface area (Å²) in [6.07, 6.45) is 3.19. The van der Waals surface area contributed by atoms with Crippen molar-refractivity contribution < 1.29 is 14.3 Å². The highest BCUT2D eigenvalue weighted by molar-refractivity contribution is 6.32. The normalized spacial score (nSPS) is 13.1. The molecule has 0 saturated heterocycles. The van der Waals surface area contributed by atoms with Crippen LogP contribution in [0.1, 0.15) is 16.7 Å². The smallest absolute Gasteiger partial charge is 0.244 e. The summed E-state index contributed by atoms with van der Waals surface area (Å²) in [5.74, 6) is 1.00. The van der Waals surface area contributed by atoms with Gasteiger partial charge in [0.15, 0.2) is 11.5 Å².